The monoisotopic (exact) mass is 250 g/mol. The lowest BCUT2D eigenvalue weighted by atomic mass is 10.1. The normalized spacial score (nSPS) is 12.0. The summed E-state index contributed by atoms with van der Waals surface area (Å²) < 4.78 is 4.99. The van der Waals surface area contributed by atoms with Gasteiger partial charge >= 0.3 is 6.03 Å². The van der Waals surface area contributed by atoms with E-state index in [1.54, 1.807) is 19.1 Å². The van der Waals surface area contributed by atoms with Gasteiger partial charge in [-0.05, 0) is 25.0 Å². The van der Waals surface area contributed by atoms with E-state index >= 15 is 0 Å². The molecule has 1 aromatic rings. The highest BCUT2D eigenvalue weighted by molar-refractivity contribution is 5.74. The molecule has 0 radical (unpaired) electrons. The number of urea groups is 1. The van der Waals surface area contributed by atoms with Crippen LogP contribution in [0.1, 0.15) is 18.1 Å². The zero-order valence-electron chi connectivity index (χ0n) is 11.6. The molecule has 4 heteroatoms. The van der Waals surface area contributed by atoms with Crippen molar-refractivity contribution < 1.29 is 9.53 Å². The Hall–Kier alpha value is -1.55. The summed E-state index contributed by atoms with van der Waals surface area (Å²) in [6.45, 7) is 5.10. The first-order chi connectivity index (χ1) is 8.54. The van der Waals surface area contributed by atoms with Gasteiger partial charge in [-0.3, -0.25) is 0 Å². The molecule has 100 valence electrons. The van der Waals surface area contributed by atoms with E-state index < -0.39 is 0 Å². The number of ether oxygens (including phenoxy) is 1. The first kappa shape index (κ1) is 14.5. The van der Waals surface area contributed by atoms with Crippen LogP contribution in [0.3, 0.4) is 0 Å². The number of hydrogen-bond donors (Lipinski definition) is 1. The Morgan fingerprint density at radius 3 is 2.72 bits per heavy atom. The third-order valence-electron chi connectivity index (χ3n) is 2.80. The molecule has 0 heterocycles. The molecule has 1 unspecified atom stereocenters. The topological polar surface area (TPSA) is 41.6 Å². The third-order valence-corrected chi connectivity index (χ3v) is 2.80. The summed E-state index contributed by atoms with van der Waals surface area (Å²) in [6, 6.07) is 8.01. The minimum atomic E-state index is -0.0807. The maximum atomic E-state index is 11.9. The highest BCUT2D eigenvalue weighted by atomic mass is 16.5. The van der Waals surface area contributed by atoms with Gasteiger partial charge in [-0.15, -0.1) is 0 Å². The number of carbonyl (C=O) groups is 1. The van der Waals surface area contributed by atoms with Gasteiger partial charge in [-0.2, -0.15) is 0 Å². The number of hydrogen-bond acceptors (Lipinski definition) is 2. The Morgan fingerprint density at radius 1 is 1.44 bits per heavy atom. The summed E-state index contributed by atoms with van der Waals surface area (Å²) in [6.07, 6.45) is 0. The van der Waals surface area contributed by atoms with Crippen molar-refractivity contribution in [2.24, 2.45) is 0 Å². The quantitative estimate of drug-likeness (QED) is 0.870. The van der Waals surface area contributed by atoms with E-state index in [2.05, 4.69) is 18.3 Å². The highest BCUT2D eigenvalue weighted by Crippen LogP contribution is 2.09. The molecule has 0 aromatic heterocycles. The molecule has 4 nitrogen and oxygen atoms in total. The largest absolute Gasteiger partial charge is 0.383 e. The molecule has 0 saturated heterocycles. The Balaban J connectivity index is 2.52. The van der Waals surface area contributed by atoms with Gasteiger partial charge in [0.2, 0.25) is 0 Å². The smallest absolute Gasteiger partial charge is 0.317 e. The van der Waals surface area contributed by atoms with Crippen LogP contribution in [0.4, 0.5) is 4.79 Å². The van der Waals surface area contributed by atoms with Gasteiger partial charge in [0.15, 0.2) is 0 Å². The van der Waals surface area contributed by atoms with Crippen molar-refractivity contribution >= 4 is 6.03 Å². The number of rotatable bonds is 5. The number of methoxy groups -OCH3 is 1. The number of amides is 2. The number of benzene rings is 1. The predicted octanol–water partition coefficient (Wildman–Crippen LogP) is 2.17. The maximum Gasteiger partial charge on any atom is 0.317 e. The summed E-state index contributed by atoms with van der Waals surface area (Å²) in [5.41, 5.74) is 2.36. The fourth-order valence-electron chi connectivity index (χ4n) is 1.73. The van der Waals surface area contributed by atoms with Crippen LogP contribution in [0.2, 0.25) is 0 Å². The number of aryl methyl sites for hydroxylation is 1. The maximum absolute atomic E-state index is 11.9. The van der Waals surface area contributed by atoms with Gasteiger partial charge in [0, 0.05) is 20.7 Å². The second kappa shape index (κ2) is 7.01. The minimum Gasteiger partial charge on any atom is -0.383 e. The van der Waals surface area contributed by atoms with Gasteiger partial charge in [0.05, 0.1) is 12.6 Å². The first-order valence-corrected chi connectivity index (χ1v) is 6.09. The summed E-state index contributed by atoms with van der Waals surface area (Å²) in [4.78, 5) is 13.6. The van der Waals surface area contributed by atoms with Crippen LogP contribution in [0.5, 0.6) is 0 Å². The molecule has 18 heavy (non-hydrogen) atoms. The third kappa shape index (κ3) is 4.37. The Morgan fingerprint density at radius 2 is 2.11 bits per heavy atom. The fourth-order valence-corrected chi connectivity index (χ4v) is 1.73. The van der Waals surface area contributed by atoms with Crippen molar-refractivity contribution in [2.45, 2.75) is 26.4 Å². The van der Waals surface area contributed by atoms with Crippen molar-refractivity contribution in [2.75, 3.05) is 20.8 Å². The Bertz CT molecular complexity index is 393. The zero-order valence-corrected chi connectivity index (χ0v) is 11.6. The molecule has 0 spiro atoms. The van der Waals surface area contributed by atoms with Gasteiger partial charge in [0.1, 0.15) is 0 Å². The van der Waals surface area contributed by atoms with Gasteiger partial charge in [-0.1, -0.05) is 24.3 Å². The number of carbonyl (C=O) groups excluding carboxylic acids is 1. The van der Waals surface area contributed by atoms with E-state index in [9.17, 15) is 4.79 Å². The molecule has 1 rings (SSSR count). The van der Waals surface area contributed by atoms with Crippen LogP contribution in [-0.2, 0) is 11.3 Å². The second-order valence-electron chi connectivity index (χ2n) is 4.59. The summed E-state index contributed by atoms with van der Waals surface area (Å²) in [7, 11) is 3.42. The van der Waals surface area contributed by atoms with E-state index in [-0.39, 0.29) is 12.1 Å². The molecule has 1 N–H and O–H groups in total. The molecule has 0 aliphatic rings. The highest BCUT2D eigenvalue weighted by Gasteiger charge is 2.12. The molecular weight excluding hydrogens is 228 g/mol. The molecular formula is C14H22N2O2. The molecule has 0 aliphatic heterocycles. The average Bonchev–Trinajstić information content (AvgIpc) is 2.32. The molecule has 0 fully saturated rings. The lowest BCUT2D eigenvalue weighted by molar-refractivity contribution is 0.162. The lowest BCUT2D eigenvalue weighted by Crippen LogP contribution is -2.43. The van der Waals surface area contributed by atoms with Gasteiger partial charge < -0.3 is 15.0 Å². The molecule has 0 saturated carbocycles. The zero-order chi connectivity index (χ0) is 13.5. The van der Waals surface area contributed by atoms with Crippen LogP contribution in [0.25, 0.3) is 0 Å². The molecule has 1 aromatic carbocycles. The average molecular weight is 250 g/mol. The van der Waals surface area contributed by atoms with Crippen molar-refractivity contribution in [1.82, 2.24) is 10.2 Å². The number of nitrogens with zero attached hydrogens (tertiary/aromatic N) is 1. The number of nitrogens with one attached hydrogen (secondary N) is 1. The standard InChI is InChI=1S/C14H22N2O2/c1-11-7-5-6-8-13(11)9-16(3)14(17)15-12(2)10-18-4/h5-8,12H,9-10H2,1-4H3,(H,15,17). The van der Waals surface area contributed by atoms with Crippen LogP contribution in [0, 0.1) is 6.92 Å². The molecule has 0 aliphatic carbocycles. The molecule has 0 bridgehead atoms. The van der Waals surface area contributed by atoms with Crippen LogP contribution in [-0.4, -0.2) is 37.7 Å². The summed E-state index contributed by atoms with van der Waals surface area (Å²) in [5.74, 6) is 0. The van der Waals surface area contributed by atoms with Crippen molar-refractivity contribution in [3.63, 3.8) is 0 Å². The van der Waals surface area contributed by atoms with Crippen LogP contribution < -0.4 is 5.32 Å². The van der Waals surface area contributed by atoms with E-state index in [0.29, 0.717) is 13.2 Å². The van der Waals surface area contributed by atoms with Crippen molar-refractivity contribution in [3.8, 4) is 0 Å². The van der Waals surface area contributed by atoms with E-state index in [1.165, 1.54) is 5.56 Å². The first-order valence-electron chi connectivity index (χ1n) is 6.09. The Labute approximate surface area is 109 Å². The van der Waals surface area contributed by atoms with E-state index in [0.717, 1.165) is 5.56 Å². The van der Waals surface area contributed by atoms with Crippen molar-refractivity contribution in [1.29, 1.82) is 0 Å². The van der Waals surface area contributed by atoms with Crippen LogP contribution in [0.15, 0.2) is 24.3 Å². The summed E-state index contributed by atoms with van der Waals surface area (Å²) >= 11 is 0. The van der Waals surface area contributed by atoms with E-state index in [1.807, 2.05) is 25.1 Å². The molecule has 1 atom stereocenters. The minimum absolute atomic E-state index is 0.0156. The summed E-state index contributed by atoms with van der Waals surface area (Å²) in [5, 5.41) is 2.88. The lowest BCUT2D eigenvalue weighted by Gasteiger charge is -2.21. The van der Waals surface area contributed by atoms with Crippen LogP contribution >= 0.6 is 0 Å². The van der Waals surface area contributed by atoms with E-state index in [4.69, 9.17) is 4.74 Å². The molecule has 2 amide bonds. The van der Waals surface area contributed by atoms with Gasteiger partial charge in [-0.25, -0.2) is 4.79 Å². The van der Waals surface area contributed by atoms with Crippen molar-refractivity contribution in [3.05, 3.63) is 35.4 Å². The second-order valence-corrected chi connectivity index (χ2v) is 4.59. The fraction of sp³-hybridized carbons (Fsp3) is 0.500. The SMILES string of the molecule is COCC(C)NC(=O)N(C)Cc1ccccc1C. The predicted molar refractivity (Wildman–Crippen MR) is 72.5 cm³/mol. The van der Waals surface area contributed by atoms with Gasteiger partial charge in [0.25, 0.3) is 0 Å². The Kier molecular flexibility index (Phi) is 5.65.